The van der Waals surface area contributed by atoms with Crippen LogP contribution in [-0.2, 0) is 4.74 Å². The summed E-state index contributed by atoms with van der Waals surface area (Å²) in [5.41, 5.74) is 1.32. The fraction of sp³-hybridized carbons (Fsp3) is 0.538. The third-order valence-corrected chi connectivity index (χ3v) is 4.85. The highest BCUT2D eigenvalue weighted by Crippen LogP contribution is 2.30. The molecule has 0 spiro atoms. The molecule has 5 nitrogen and oxygen atoms in total. The van der Waals surface area contributed by atoms with E-state index in [9.17, 15) is 5.11 Å². The Morgan fingerprint density at radius 1 is 1.58 bits per heavy atom. The first-order valence-electron chi connectivity index (χ1n) is 6.37. The lowest BCUT2D eigenvalue weighted by Crippen LogP contribution is -2.43. The van der Waals surface area contributed by atoms with Gasteiger partial charge in [0.25, 0.3) is 0 Å². The molecule has 0 saturated carbocycles. The van der Waals surface area contributed by atoms with E-state index in [4.69, 9.17) is 4.74 Å². The third kappa shape index (κ3) is 2.20. The molecule has 19 heavy (non-hydrogen) atoms. The number of nitrogens with zero attached hydrogens (tertiary/aromatic N) is 2. The Morgan fingerprint density at radius 2 is 2.42 bits per heavy atom. The molecule has 0 amide bonds. The van der Waals surface area contributed by atoms with E-state index in [0.717, 1.165) is 21.6 Å². The Bertz CT molecular complexity index is 601. The van der Waals surface area contributed by atoms with Crippen molar-refractivity contribution < 1.29 is 9.84 Å². The van der Waals surface area contributed by atoms with E-state index in [1.165, 1.54) is 0 Å². The van der Waals surface area contributed by atoms with E-state index in [2.05, 4.69) is 20.7 Å². The van der Waals surface area contributed by atoms with Gasteiger partial charge in [0.1, 0.15) is 17.7 Å². The summed E-state index contributed by atoms with van der Waals surface area (Å²) in [4.78, 5) is 8.56. The standard InChI is InChI=1S/C13H17N3O2S/c1-8-5-19-11-10(8)15-7-16-12(11)14-6-13(17)3-4-18-9(13)2/h5,7,9,17H,3-4,6H2,1-2H3,(H,14,15,16). The van der Waals surface area contributed by atoms with Crippen LogP contribution in [0.3, 0.4) is 0 Å². The monoisotopic (exact) mass is 279 g/mol. The number of hydrogen-bond donors (Lipinski definition) is 2. The molecule has 2 unspecified atom stereocenters. The van der Waals surface area contributed by atoms with Gasteiger partial charge < -0.3 is 15.2 Å². The van der Waals surface area contributed by atoms with E-state index < -0.39 is 5.60 Å². The van der Waals surface area contributed by atoms with Crippen LogP contribution >= 0.6 is 11.3 Å². The number of nitrogens with one attached hydrogen (secondary N) is 1. The largest absolute Gasteiger partial charge is 0.385 e. The molecule has 0 bridgehead atoms. The number of fused-ring (bicyclic) bond motifs is 1. The molecule has 2 atom stereocenters. The van der Waals surface area contributed by atoms with Gasteiger partial charge in [0.2, 0.25) is 0 Å². The van der Waals surface area contributed by atoms with Gasteiger partial charge in [0, 0.05) is 19.6 Å². The summed E-state index contributed by atoms with van der Waals surface area (Å²) in [6, 6.07) is 0. The Morgan fingerprint density at radius 3 is 3.16 bits per heavy atom. The maximum Gasteiger partial charge on any atom is 0.147 e. The summed E-state index contributed by atoms with van der Waals surface area (Å²) in [7, 11) is 0. The van der Waals surface area contributed by atoms with Gasteiger partial charge in [-0.1, -0.05) is 0 Å². The minimum absolute atomic E-state index is 0.151. The maximum absolute atomic E-state index is 10.5. The van der Waals surface area contributed by atoms with Gasteiger partial charge in [-0.25, -0.2) is 9.97 Å². The van der Waals surface area contributed by atoms with Gasteiger partial charge in [-0.05, 0) is 24.8 Å². The van der Waals surface area contributed by atoms with Gasteiger partial charge in [-0.2, -0.15) is 0 Å². The van der Waals surface area contributed by atoms with E-state index >= 15 is 0 Å². The molecule has 2 N–H and O–H groups in total. The van der Waals surface area contributed by atoms with E-state index in [1.807, 2.05) is 13.8 Å². The zero-order valence-corrected chi connectivity index (χ0v) is 11.8. The van der Waals surface area contributed by atoms with Crippen molar-refractivity contribution in [2.45, 2.75) is 32.0 Å². The Labute approximate surface area is 115 Å². The van der Waals surface area contributed by atoms with Crippen LogP contribution in [0.4, 0.5) is 5.82 Å². The first kappa shape index (κ1) is 12.8. The van der Waals surface area contributed by atoms with Crippen molar-refractivity contribution in [3.8, 4) is 0 Å². The third-order valence-electron chi connectivity index (χ3n) is 3.75. The highest BCUT2D eigenvalue weighted by Gasteiger charge is 2.39. The van der Waals surface area contributed by atoms with Crippen LogP contribution in [-0.4, -0.2) is 39.9 Å². The summed E-state index contributed by atoms with van der Waals surface area (Å²) in [5, 5.41) is 15.8. The van der Waals surface area contributed by atoms with Crippen LogP contribution < -0.4 is 5.32 Å². The number of anilines is 1. The summed E-state index contributed by atoms with van der Waals surface area (Å²) in [5.74, 6) is 0.788. The number of aliphatic hydroxyl groups is 1. The fourth-order valence-electron chi connectivity index (χ4n) is 2.34. The van der Waals surface area contributed by atoms with Crippen LogP contribution in [0, 0.1) is 6.92 Å². The molecule has 1 aliphatic rings. The van der Waals surface area contributed by atoms with Crippen molar-refractivity contribution >= 4 is 27.4 Å². The molecule has 6 heteroatoms. The molecular weight excluding hydrogens is 262 g/mol. The number of aryl methyl sites for hydroxylation is 1. The lowest BCUT2D eigenvalue weighted by Gasteiger charge is -2.26. The first-order chi connectivity index (χ1) is 9.10. The molecule has 2 aromatic heterocycles. The minimum atomic E-state index is -0.816. The predicted octanol–water partition coefficient (Wildman–Crippen LogP) is 1.95. The van der Waals surface area contributed by atoms with Crippen molar-refractivity contribution in [1.29, 1.82) is 0 Å². The smallest absolute Gasteiger partial charge is 0.147 e. The topological polar surface area (TPSA) is 67.3 Å². The Balaban J connectivity index is 1.82. The number of aromatic nitrogens is 2. The zero-order chi connectivity index (χ0) is 13.5. The summed E-state index contributed by atoms with van der Waals surface area (Å²) < 4.78 is 6.47. The second-order valence-electron chi connectivity index (χ2n) is 5.04. The van der Waals surface area contributed by atoms with Crippen LogP contribution in [0.2, 0.25) is 0 Å². The van der Waals surface area contributed by atoms with Crippen LogP contribution in [0.1, 0.15) is 18.9 Å². The molecule has 1 saturated heterocycles. The molecule has 0 aromatic carbocycles. The van der Waals surface area contributed by atoms with Crippen LogP contribution in [0.25, 0.3) is 10.2 Å². The average molecular weight is 279 g/mol. The van der Waals surface area contributed by atoms with Gasteiger partial charge in [-0.3, -0.25) is 0 Å². The molecule has 1 fully saturated rings. The minimum Gasteiger partial charge on any atom is -0.385 e. The molecule has 3 rings (SSSR count). The molecule has 102 valence electrons. The molecule has 0 aliphatic carbocycles. The quantitative estimate of drug-likeness (QED) is 0.899. The van der Waals surface area contributed by atoms with Crippen LogP contribution in [0.5, 0.6) is 0 Å². The molecule has 2 aromatic rings. The van der Waals surface area contributed by atoms with Crippen molar-refractivity contribution in [1.82, 2.24) is 9.97 Å². The van der Waals surface area contributed by atoms with Gasteiger partial charge in [-0.15, -0.1) is 11.3 Å². The molecule has 0 radical (unpaired) electrons. The summed E-state index contributed by atoms with van der Waals surface area (Å²) in [6.07, 6.45) is 2.06. The zero-order valence-electron chi connectivity index (χ0n) is 11.0. The normalized spacial score (nSPS) is 27.0. The van der Waals surface area contributed by atoms with Gasteiger partial charge in [0.15, 0.2) is 0 Å². The van der Waals surface area contributed by atoms with Gasteiger partial charge >= 0.3 is 0 Å². The lowest BCUT2D eigenvalue weighted by atomic mass is 9.97. The number of rotatable bonds is 3. The van der Waals surface area contributed by atoms with E-state index in [-0.39, 0.29) is 6.10 Å². The maximum atomic E-state index is 10.5. The predicted molar refractivity (Wildman–Crippen MR) is 75.6 cm³/mol. The highest BCUT2D eigenvalue weighted by molar-refractivity contribution is 7.18. The fourth-order valence-corrected chi connectivity index (χ4v) is 3.30. The van der Waals surface area contributed by atoms with Crippen molar-refractivity contribution in [2.75, 3.05) is 18.5 Å². The van der Waals surface area contributed by atoms with Crippen molar-refractivity contribution in [2.24, 2.45) is 0 Å². The molecule has 3 heterocycles. The SMILES string of the molecule is Cc1csc2c(NCC3(O)CCOC3C)ncnc12. The lowest BCUT2D eigenvalue weighted by molar-refractivity contribution is -0.0176. The van der Waals surface area contributed by atoms with E-state index in [0.29, 0.717) is 19.6 Å². The summed E-state index contributed by atoms with van der Waals surface area (Å²) in [6.45, 7) is 4.99. The van der Waals surface area contributed by atoms with Crippen LogP contribution in [0.15, 0.2) is 11.7 Å². The second-order valence-corrected chi connectivity index (χ2v) is 5.92. The molecule has 1 aliphatic heterocycles. The second kappa shape index (κ2) is 4.70. The number of hydrogen-bond acceptors (Lipinski definition) is 6. The Hall–Kier alpha value is -1.24. The summed E-state index contributed by atoms with van der Waals surface area (Å²) >= 11 is 1.62. The van der Waals surface area contributed by atoms with Gasteiger partial charge in [0.05, 0.1) is 16.3 Å². The Kier molecular flexibility index (Phi) is 3.16. The number of thiophene rings is 1. The van der Waals surface area contributed by atoms with E-state index in [1.54, 1.807) is 17.7 Å². The van der Waals surface area contributed by atoms with Crippen molar-refractivity contribution in [3.05, 3.63) is 17.3 Å². The van der Waals surface area contributed by atoms with Crippen molar-refractivity contribution in [3.63, 3.8) is 0 Å². The average Bonchev–Trinajstić information content (AvgIpc) is 2.93. The number of ether oxygens (including phenoxy) is 1. The highest BCUT2D eigenvalue weighted by atomic mass is 32.1. The molecular formula is C13H17N3O2S. The first-order valence-corrected chi connectivity index (χ1v) is 7.25.